The van der Waals surface area contributed by atoms with Crippen molar-refractivity contribution in [1.82, 2.24) is 14.7 Å². The van der Waals surface area contributed by atoms with Gasteiger partial charge in [0.05, 0.1) is 12.1 Å². The van der Waals surface area contributed by atoms with E-state index in [0.717, 1.165) is 43.3 Å². The fourth-order valence-electron chi connectivity index (χ4n) is 5.11. The maximum absolute atomic E-state index is 12.8. The van der Waals surface area contributed by atoms with E-state index < -0.39 is 5.54 Å². The summed E-state index contributed by atoms with van der Waals surface area (Å²) in [5.74, 6) is 1.48. The van der Waals surface area contributed by atoms with E-state index in [1.54, 1.807) is 22.7 Å². The summed E-state index contributed by atoms with van der Waals surface area (Å²) in [6, 6.07) is 5.40. The first kappa shape index (κ1) is 20.0. The van der Waals surface area contributed by atoms with Gasteiger partial charge in [-0.25, -0.2) is 4.98 Å². The zero-order valence-electron chi connectivity index (χ0n) is 17.6. The molecule has 2 heterocycles. The number of carbonyl (C=O) groups excluding carboxylic acids is 2. The molecule has 7 nitrogen and oxygen atoms in total. The largest absolute Gasteiger partial charge is 0.394 e. The number of nitrogens with one attached hydrogen (secondary N) is 2. The standard InChI is InChI=1S/C24H28N4O3/c1-15-9-16(10-17-12-18(15)17)11-22(30)26-21-6-4-5-20-25-19(13-28(20)21)23(31)27-24(14-29)7-2-3-8-24/h4-6,9,13,17-18,29H,1-3,7-8,10-12,14H2,(H,26,30)(H,27,31). The second-order valence-electron chi connectivity index (χ2n) is 9.27. The van der Waals surface area contributed by atoms with Crippen molar-refractivity contribution < 1.29 is 14.7 Å². The monoisotopic (exact) mass is 420 g/mol. The van der Waals surface area contributed by atoms with E-state index in [-0.39, 0.29) is 24.1 Å². The Morgan fingerprint density at radius 3 is 2.84 bits per heavy atom. The Morgan fingerprint density at radius 1 is 1.29 bits per heavy atom. The van der Waals surface area contributed by atoms with Gasteiger partial charge < -0.3 is 15.7 Å². The number of hydrogen-bond acceptors (Lipinski definition) is 4. The van der Waals surface area contributed by atoms with Crippen LogP contribution in [0.1, 0.15) is 55.4 Å². The highest BCUT2D eigenvalue weighted by atomic mass is 16.3. The highest BCUT2D eigenvalue weighted by molar-refractivity contribution is 5.94. The molecule has 2 aromatic rings. The molecular formula is C24H28N4O3. The maximum atomic E-state index is 12.8. The minimum absolute atomic E-state index is 0.0721. The molecule has 0 saturated heterocycles. The highest BCUT2D eigenvalue weighted by Crippen LogP contribution is 2.51. The third-order valence-electron chi connectivity index (χ3n) is 6.93. The molecule has 0 radical (unpaired) electrons. The molecule has 0 bridgehead atoms. The van der Waals surface area contributed by atoms with Gasteiger partial charge in [-0.2, -0.15) is 0 Å². The predicted octanol–water partition coefficient (Wildman–Crippen LogP) is 3.22. The second-order valence-corrected chi connectivity index (χ2v) is 9.27. The SMILES string of the molecule is C=C1C=C(CC(=O)Nc2cccc3nc(C(=O)NC4(CO)CCCC4)cn23)CC2CC12. The molecule has 7 heteroatoms. The van der Waals surface area contributed by atoms with E-state index >= 15 is 0 Å². The minimum Gasteiger partial charge on any atom is -0.394 e. The van der Waals surface area contributed by atoms with E-state index in [0.29, 0.717) is 29.7 Å². The van der Waals surface area contributed by atoms with Gasteiger partial charge in [0, 0.05) is 12.6 Å². The Kier molecular flexibility index (Phi) is 4.93. The van der Waals surface area contributed by atoms with Crippen LogP contribution in [0.4, 0.5) is 5.82 Å². The van der Waals surface area contributed by atoms with Gasteiger partial charge in [-0.05, 0) is 49.7 Å². The van der Waals surface area contributed by atoms with Crippen LogP contribution in [0.5, 0.6) is 0 Å². The predicted molar refractivity (Wildman–Crippen MR) is 118 cm³/mol. The molecule has 31 heavy (non-hydrogen) atoms. The van der Waals surface area contributed by atoms with Crippen LogP contribution in [0.15, 0.2) is 48.2 Å². The van der Waals surface area contributed by atoms with Crippen molar-refractivity contribution in [3.05, 3.63) is 53.9 Å². The molecule has 2 saturated carbocycles. The number of aliphatic hydroxyl groups is 1. The summed E-state index contributed by atoms with van der Waals surface area (Å²) in [6.07, 6.45) is 9.76. The molecule has 3 N–H and O–H groups in total. The number of rotatable bonds is 6. The lowest BCUT2D eigenvalue weighted by Crippen LogP contribution is -2.49. The van der Waals surface area contributed by atoms with Gasteiger partial charge in [0.15, 0.2) is 0 Å². The minimum atomic E-state index is -0.553. The van der Waals surface area contributed by atoms with E-state index in [1.807, 2.05) is 6.07 Å². The third kappa shape index (κ3) is 3.90. The van der Waals surface area contributed by atoms with E-state index in [2.05, 4.69) is 28.3 Å². The summed E-state index contributed by atoms with van der Waals surface area (Å²) in [5, 5.41) is 15.7. The molecule has 2 unspecified atom stereocenters. The van der Waals surface area contributed by atoms with Crippen molar-refractivity contribution in [2.75, 3.05) is 11.9 Å². The number of carbonyl (C=O) groups is 2. The van der Waals surface area contributed by atoms with Gasteiger partial charge >= 0.3 is 0 Å². The zero-order chi connectivity index (χ0) is 21.6. The van der Waals surface area contributed by atoms with Crippen LogP contribution in [-0.4, -0.2) is 38.5 Å². The molecule has 2 fully saturated rings. The molecule has 0 spiro atoms. The lowest BCUT2D eigenvalue weighted by Gasteiger charge is -2.27. The number of imidazole rings is 1. The first-order valence-corrected chi connectivity index (χ1v) is 11.1. The molecule has 0 aliphatic heterocycles. The summed E-state index contributed by atoms with van der Waals surface area (Å²) in [7, 11) is 0. The van der Waals surface area contributed by atoms with Gasteiger partial charge in [0.2, 0.25) is 5.91 Å². The van der Waals surface area contributed by atoms with Gasteiger partial charge in [-0.1, -0.05) is 42.7 Å². The number of pyridine rings is 1. The first-order valence-electron chi connectivity index (χ1n) is 11.1. The highest BCUT2D eigenvalue weighted by Gasteiger charge is 2.41. The van der Waals surface area contributed by atoms with Crippen LogP contribution in [-0.2, 0) is 4.79 Å². The number of allylic oxidation sites excluding steroid dienone is 2. The van der Waals surface area contributed by atoms with Gasteiger partial charge in [-0.3, -0.25) is 14.0 Å². The van der Waals surface area contributed by atoms with Crippen LogP contribution in [0.25, 0.3) is 5.65 Å². The van der Waals surface area contributed by atoms with E-state index in [9.17, 15) is 14.7 Å². The fourth-order valence-corrected chi connectivity index (χ4v) is 5.11. The quantitative estimate of drug-likeness (QED) is 0.669. The summed E-state index contributed by atoms with van der Waals surface area (Å²) in [5.41, 5.74) is 2.58. The van der Waals surface area contributed by atoms with Crippen molar-refractivity contribution >= 4 is 23.3 Å². The Hall–Kier alpha value is -2.93. The number of aliphatic hydroxyl groups excluding tert-OH is 1. The Labute approximate surface area is 181 Å². The van der Waals surface area contributed by atoms with Gasteiger partial charge in [0.1, 0.15) is 17.2 Å². The van der Waals surface area contributed by atoms with Crippen LogP contribution >= 0.6 is 0 Å². The van der Waals surface area contributed by atoms with E-state index in [1.165, 1.54) is 6.42 Å². The number of nitrogens with zero attached hydrogens (tertiary/aromatic N) is 2. The summed E-state index contributed by atoms with van der Waals surface area (Å²) >= 11 is 0. The first-order chi connectivity index (χ1) is 15.0. The Morgan fingerprint density at radius 2 is 2.10 bits per heavy atom. The number of anilines is 1. The van der Waals surface area contributed by atoms with Crippen molar-refractivity contribution in [3.63, 3.8) is 0 Å². The van der Waals surface area contributed by atoms with Crippen LogP contribution in [0.3, 0.4) is 0 Å². The van der Waals surface area contributed by atoms with Crippen molar-refractivity contribution in [1.29, 1.82) is 0 Å². The topological polar surface area (TPSA) is 95.7 Å². The van der Waals surface area contributed by atoms with Crippen LogP contribution in [0.2, 0.25) is 0 Å². The van der Waals surface area contributed by atoms with Crippen LogP contribution in [0, 0.1) is 11.8 Å². The summed E-state index contributed by atoms with van der Waals surface area (Å²) < 4.78 is 1.72. The average molecular weight is 421 g/mol. The Balaban J connectivity index is 1.31. The van der Waals surface area contributed by atoms with Gasteiger partial charge in [0.25, 0.3) is 5.91 Å². The molecule has 5 rings (SSSR count). The second kappa shape index (κ2) is 7.64. The maximum Gasteiger partial charge on any atom is 0.272 e. The number of amides is 2. The van der Waals surface area contributed by atoms with E-state index in [4.69, 9.17) is 0 Å². The molecule has 3 aliphatic carbocycles. The molecule has 162 valence electrons. The van der Waals surface area contributed by atoms with Gasteiger partial charge in [-0.15, -0.1) is 0 Å². The Bertz CT molecular complexity index is 1090. The molecule has 2 amide bonds. The molecule has 2 aromatic heterocycles. The molecule has 0 aromatic carbocycles. The third-order valence-corrected chi connectivity index (χ3v) is 6.93. The smallest absolute Gasteiger partial charge is 0.272 e. The lowest BCUT2D eigenvalue weighted by molar-refractivity contribution is -0.115. The molecule has 2 atom stereocenters. The van der Waals surface area contributed by atoms with Crippen molar-refractivity contribution in [3.8, 4) is 0 Å². The molecule has 3 aliphatic rings. The van der Waals surface area contributed by atoms with Crippen molar-refractivity contribution in [2.24, 2.45) is 11.8 Å². The normalized spacial score (nSPS) is 23.9. The summed E-state index contributed by atoms with van der Waals surface area (Å²) in [6.45, 7) is 4.04. The zero-order valence-corrected chi connectivity index (χ0v) is 17.6. The lowest BCUT2D eigenvalue weighted by atomic mass is 9.94. The average Bonchev–Trinajstić information content (AvgIpc) is 3.18. The molecular weight excluding hydrogens is 392 g/mol. The van der Waals surface area contributed by atoms with Crippen molar-refractivity contribution in [2.45, 2.75) is 50.5 Å². The van der Waals surface area contributed by atoms with Crippen LogP contribution < -0.4 is 10.6 Å². The summed E-state index contributed by atoms with van der Waals surface area (Å²) in [4.78, 5) is 29.9. The fraction of sp³-hybridized carbons (Fsp3) is 0.458. The number of hydrogen-bond donors (Lipinski definition) is 3. The number of aromatic nitrogens is 2. The number of fused-ring (bicyclic) bond motifs is 2.